The van der Waals surface area contributed by atoms with Gasteiger partial charge in [-0.3, -0.25) is 9.59 Å². The van der Waals surface area contributed by atoms with Crippen molar-refractivity contribution in [2.45, 2.75) is 25.0 Å². The van der Waals surface area contributed by atoms with Crippen molar-refractivity contribution in [3.8, 4) is 0 Å². The van der Waals surface area contributed by atoms with E-state index in [0.717, 1.165) is 6.42 Å². The molecule has 1 aliphatic carbocycles. The number of carbonyl (C=O) groups excluding carboxylic acids is 1. The number of pyridine rings is 1. The van der Waals surface area contributed by atoms with Crippen LogP contribution in [0.25, 0.3) is 5.65 Å². The maximum atomic E-state index is 12.6. The maximum Gasteiger partial charge on any atom is 0.274 e. The predicted molar refractivity (Wildman–Crippen MR) is 104 cm³/mol. The summed E-state index contributed by atoms with van der Waals surface area (Å²) in [6.07, 6.45) is 4.01. The molecule has 0 unspecified atom stereocenters. The van der Waals surface area contributed by atoms with Crippen molar-refractivity contribution in [1.82, 2.24) is 24.5 Å². The quantitative estimate of drug-likeness (QED) is 0.504. The Balaban J connectivity index is 1.71. The summed E-state index contributed by atoms with van der Waals surface area (Å²) in [5.41, 5.74) is 0.807. The topological polar surface area (TPSA) is 126 Å². The molecular weight excluding hydrogens is 362 g/mol. The average Bonchev–Trinajstić information content (AvgIpc) is 3.11. The van der Waals surface area contributed by atoms with E-state index in [-0.39, 0.29) is 17.5 Å². The van der Waals surface area contributed by atoms with Crippen molar-refractivity contribution in [3.05, 3.63) is 46.5 Å². The molecule has 1 saturated carbocycles. The van der Waals surface area contributed by atoms with E-state index in [2.05, 4.69) is 26.0 Å². The molecule has 0 saturated heterocycles. The summed E-state index contributed by atoms with van der Waals surface area (Å²) in [5, 5.41) is 22.8. The summed E-state index contributed by atoms with van der Waals surface area (Å²) in [7, 11) is 3.39. The van der Waals surface area contributed by atoms with Gasteiger partial charge in [-0.2, -0.15) is 9.61 Å². The highest BCUT2D eigenvalue weighted by molar-refractivity contribution is 6.00. The van der Waals surface area contributed by atoms with Crippen molar-refractivity contribution in [1.29, 1.82) is 0 Å². The van der Waals surface area contributed by atoms with Gasteiger partial charge in [-0.05, 0) is 25.0 Å². The Morgan fingerprint density at radius 1 is 1.36 bits per heavy atom. The molecule has 4 rings (SSSR count). The van der Waals surface area contributed by atoms with Crippen molar-refractivity contribution in [2.24, 2.45) is 7.05 Å². The highest BCUT2D eigenvalue weighted by atomic mass is 16.3. The first kappa shape index (κ1) is 18.0. The molecule has 1 amide bonds. The second-order valence-electron chi connectivity index (χ2n) is 6.76. The lowest BCUT2D eigenvalue weighted by Crippen LogP contribution is -2.50. The first-order chi connectivity index (χ1) is 13.5. The minimum Gasteiger partial charge on any atom is -0.391 e. The third kappa shape index (κ3) is 3.07. The van der Waals surface area contributed by atoms with Crippen molar-refractivity contribution >= 4 is 28.9 Å². The number of aryl methyl sites for hydroxylation is 1. The first-order valence-corrected chi connectivity index (χ1v) is 8.96. The van der Waals surface area contributed by atoms with E-state index in [1.165, 1.54) is 15.3 Å². The predicted octanol–water partition coefficient (Wildman–Crippen LogP) is 0.466. The number of nitrogens with zero attached hydrogens (tertiary/aromatic N) is 4. The second-order valence-corrected chi connectivity index (χ2v) is 6.76. The van der Waals surface area contributed by atoms with Gasteiger partial charge in [0.2, 0.25) is 0 Å². The van der Waals surface area contributed by atoms with Gasteiger partial charge in [0.15, 0.2) is 5.65 Å². The number of aromatic nitrogens is 4. The molecule has 2 atom stereocenters. The Hall–Kier alpha value is -3.40. The molecule has 1 aliphatic rings. The van der Waals surface area contributed by atoms with Crippen LogP contribution in [0.3, 0.4) is 0 Å². The van der Waals surface area contributed by atoms with E-state index in [0.29, 0.717) is 35.0 Å². The van der Waals surface area contributed by atoms with Crippen LogP contribution in [0.4, 0.5) is 17.3 Å². The van der Waals surface area contributed by atoms with Crippen molar-refractivity contribution < 1.29 is 9.90 Å². The number of rotatable bonds is 5. The van der Waals surface area contributed by atoms with Crippen LogP contribution in [0.2, 0.25) is 0 Å². The van der Waals surface area contributed by atoms with Gasteiger partial charge >= 0.3 is 0 Å². The Kier molecular flexibility index (Phi) is 4.47. The minimum absolute atomic E-state index is 0.194. The zero-order valence-electron chi connectivity index (χ0n) is 15.5. The number of carbonyl (C=O) groups is 1. The van der Waals surface area contributed by atoms with Gasteiger partial charge in [0.25, 0.3) is 11.5 Å². The normalized spacial score (nSPS) is 18.5. The number of nitrogens with one attached hydrogen (secondary N) is 3. The van der Waals surface area contributed by atoms with Crippen LogP contribution in [0.1, 0.15) is 23.2 Å². The highest BCUT2D eigenvalue weighted by Gasteiger charge is 2.31. The van der Waals surface area contributed by atoms with Gasteiger partial charge < -0.3 is 25.6 Å². The molecular formula is C18H21N7O3. The third-order valence-corrected chi connectivity index (χ3v) is 4.91. The highest BCUT2D eigenvalue weighted by Crippen LogP contribution is 2.23. The molecule has 0 radical (unpaired) electrons. The van der Waals surface area contributed by atoms with Crippen LogP contribution >= 0.6 is 0 Å². The lowest BCUT2D eigenvalue weighted by molar-refractivity contribution is 0.0448. The third-order valence-electron chi connectivity index (χ3n) is 4.91. The van der Waals surface area contributed by atoms with E-state index in [1.54, 1.807) is 38.5 Å². The Morgan fingerprint density at radius 2 is 2.18 bits per heavy atom. The number of anilines is 3. The number of aliphatic hydroxyl groups is 1. The van der Waals surface area contributed by atoms with Gasteiger partial charge in [-0.15, -0.1) is 0 Å². The van der Waals surface area contributed by atoms with E-state index in [1.807, 2.05) is 0 Å². The molecule has 3 aromatic rings. The minimum atomic E-state index is -0.516. The lowest BCUT2D eigenvalue weighted by atomic mass is 9.89. The number of amides is 1. The average molecular weight is 383 g/mol. The van der Waals surface area contributed by atoms with Crippen LogP contribution in [0.5, 0.6) is 0 Å². The SMILES string of the molecule is CNc1cc(Nc2cccn(C)c2=O)nc2c(C(=O)N[C@H]3CC[C@@H]3O)cnn12. The first-order valence-electron chi connectivity index (χ1n) is 8.96. The molecule has 146 valence electrons. The van der Waals surface area contributed by atoms with Gasteiger partial charge in [0.05, 0.1) is 18.3 Å². The molecule has 10 nitrogen and oxygen atoms in total. The van der Waals surface area contributed by atoms with Crippen LogP contribution in [-0.4, -0.2) is 49.4 Å². The second kappa shape index (κ2) is 6.97. The summed E-state index contributed by atoms with van der Waals surface area (Å²) >= 11 is 0. The summed E-state index contributed by atoms with van der Waals surface area (Å²) < 4.78 is 2.97. The summed E-state index contributed by atoms with van der Waals surface area (Å²) in [6.45, 7) is 0. The van der Waals surface area contributed by atoms with Crippen molar-refractivity contribution in [2.75, 3.05) is 17.7 Å². The standard InChI is InChI=1S/C18H21N7O3/c1-19-15-8-14(21-12-4-3-7-24(2)18(12)28)23-16-10(9-20-25(15)16)17(27)22-11-5-6-13(11)26/h3-4,7-9,11,13,19,26H,5-6H2,1-2H3,(H,21,23)(H,22,27)/t11-,13-/m0/s1. The molecule has 0 bridgehead atoms. The van der Waals surface area contributed by atoms with Gasteiger partial charge in [-0.1, -0.05) is 0 Å². The fourth-order valence-corrected chi connectivity index (χ4v) is 3.09. The van der Waals surface area contributed by atoms with Crippen LogP contribution in [0, 0.1) is 0 Å². The number of aliphatic hydroxyl groups excluding tert-OH is 1. The summed E-state index contributed by atoms with van der Waals surface area (Å²) in [6, 6.07) is 4.86. The monoisotopic (exact) mass is 383 g/mol. The van der Waals surface area contributed by atoms with Crippen LogP contribution < -0.4 is 21.5 Å². The number of hydrogen-bond acceptors (Lipinski definition) is 7. The molecule has 3 heterocycles. The fourth-order valence-electron chi connectivity index (χ4n) is 3.09. The smallest absolute Gasteiger partial charge is 0.274 e. The molecule has 1 fully saturated rings. The van der Waals surface area contributed by atoms with Crippen LogP contribution in [-0.2, 0) is 7.05 Å². The van der Waals surface area contributed by atoms with Crippen LogP contribution in [0.15, 0.2) is 35.4 Å². The van der Waals surface area contributed by atoms with Crippen molar-refractivity contribution in [3.63, 3.8) is 0 Å². The lowest BCUT2D eigenvalue weighted by Gasteiger charge is -2.32. The molecule has 0 aliphatic heterocycles. The molecule has 4 N–H and O–H groups in total. The van der Waals surface area contributed by atoms with Gasteiger partial charge in [0.1, 0.15) is 22.9 Å². The van der Waals surface area contributed by atoms with E-state index < -0.39 is 6.10 Å². The number of hydrogen-bond donors (Lipinski definition) is 4. The number of fused-ring (bicyclic) bond motifs is 1. The van der Waals surface area contributed by atoms with E-state index in [4.69, 9.17) is 0 Å². The van der Waals surface area contributed by atoms with E-state index in [9.17, 15) is 14.7 Å². The van der Waals surface area contributed by atoms with Gasteiger partial charge in [0, 0.05) is 26.4 Å². The Bertz CT molecular complexity index is 1100. The Labute approximate surface area is 160 Å². The zero-order chi connectivity index (χ0) is 19.8. The molecule has 0 aromatic carbocycles. The molecule has 28 heavy (non-hydrogen) atoms. The summed E-state index contributed by atoms with van der Waals surface area (Å²) in [4.78, 5) is 29.4. The maximum absolute atomic E-state index is 12.6. The molecule has 0 spiro atoms. The Morgan fingerprint density at radius 3 is 2.86 bits per heavy atom. The van der Waals surface area contributed by atoms with E-state index >= 15 is 0 Å². The molecule has 3 aromatic heterocycles. The fraction of sp³-hybridized carbons (Fsp3) is 0.333. The molecule has 10 heteroatoms. The zero-order valence-corrected chi connectivity index (χ0v) is 15.5. The summed E-state index contributed by atoms with van der Waals surface area (Å²) in [5.74, 6) is 0.655. The largest absolute Gasteiger partial charge is 0.391 e. The van der Waals surface area contributed by atoms with Gasteiger partial charge in [-0.25, -0.2) is 4.98 Å².